The lowest BCUT2D eigenvalue weighted by Crippen LogP contribution is -2.16. The van der Waals surface area contributed by atoms with E-state index >= 15 is 0 Å². The Labute approximate surface area is 153 Å². The average Bonchev–Trinajstić information content (AvgIpc) is 2.95. The minimum Gasteiger partial charge on any atom is -0.384 e. The summed E-state index contributed by atoms with van der Waals surface area (Å²) >= 11 is 0. The average molecular weight is 369 g/mol. The van der Waals surface area contributed by atoms with Gasteiger partial charge in [-0.1, -0.05) is 37.0 Å². The van der Waals surface area contributed by atoms with Crippen LogP contribution in [0.2, 0.25) is 0 Å². The van der Waals surface area contributed by atoms with E-state index in [0.717, 1.165) is 31.2 Å². The van der Waals surface area contributed by atoms with Gasteiger partial charge in [0.15, 0.2) is 0 Å². The van der Waals surface area contributed by atoms with E-state index in [0.29, 0.717) is 16.9 Å². The van der Waals surface area contributed by atoms with E-state index in [1.54, 1.807) is 30.5 Å². The molecule has 0 aliphatic heterocycles. The molecule has 1 aliphatic carbocycles. The lowest BCUT2D eigenvalue weighted by atomic mass is 9.95. The van der Waals surface area contributed by atoms with Crippen molar-refractivity contribution in [3.05, 3.63) is 48.2 Å². The van der Waals surface area contributed by atoms with Crippen molar-refractivity contribution in [1.29, 1.82) is 0 Å². The van der Waals surface area contributed by atoms with E-state index in [4.69, 9.17) is 5.73 Å². The van der Waals surface area contributed by atoms with Crippen LogP contribution >= 0.6 is 0 Å². The van der Waals surface area contributed by atoms with Gasteiger partial charge in [-0.05, 0) is 44.0 Å². The van der Waals surface area contributed by atoms with E-state index in [-0.39, 0.29) is 15.8 Å². The number of nitrogen functional groups attached to an aromatic ring is 1. The zero-order chi connectivity index (χ0) is 18.3. The first-order valence-corrected chi connectivity index (χ1v) is 10.5. The maximum atomic E-state index is 13.4. The van der Waals surface area contributed by atoms with Gasteiger partial charge in [0.1, 0.15) is 16.4 Å². The largest absolute Gasteiger partial charge is 0.384 e. The normalized spacial score (nSPS) is 16.2. The van der Waals surface area contributed by atoms with Crippen molar-refractivity contribution in [2.75, 3.05) is 5.73 Å². The van der Waals surface area contributed by atoms with Gasteiger partial charge < -0.3 is 10.3 Å². The Morgan fingerprint density at radius 1 is 1.08 bits per heavy atom. The van der Waals surface area contributed by atoms with Crippen molar-refractivity contribution in [3.63, 3.8) is 0 Å². The number of aryl methyl sites for hydroxylation is 1. The highest BCUT2D eigenvalue weighted by molar-refractivity contribution is 7.92. The second-order valence-corrected chi connectivity index (χ2v) is 8.95. The van der Waals surface area contributed by atoms with Crippen LogP contribution in [-0.4, -0.2) is 18.0 Å². The number of nitrogens with zero attached hydrogens (tertiary/aromatic N) is 2. The number of pyridine rings is 1. The summed E-state index contributed by atoms with van der Waals surface area (Å²) in [7, 11) is -3.72. The van der Waals surface area contributed by atoms with Gasteiger partial charge in [-0.3, -0.25) is 0 Å². The summed E-state index contributed by atoms with van der Waals surface area (Å²) < 4.78 is 28.7. The third kappa shape index (κ3) is 2.69. The molecule has 136 valence electrons. The Morgan fingerprint density at radius 3 is 2.46 bits per heavy atom. The predicted molar refractivity (Wildman–Crippen MR) is 103 cm³/mol. The maximum absolute atomic E-state index is 13.4. The van der Waals surface area contributed by atoms with E-state index in [1.165, 1.54) is 6.42 Å². The van der Waals surface area contributed by atoms with Crippen LogP contribution in [0.3, 0.4) is 0 Å². The maximum Gasteiger partial charge on any atom is 0.210 e. The molecule has 3 aromatic rings. The number of sulfone groups is 1. The minimum absolute atomic E-state index is 0.190. The van der Waals surface area contributed by atoms with E-state index in [9.17, 15) is 8.42 Å². The number of fused-ring (bicyclic) bond motifs is 1. The van der Waals surface area contributed by atoms with Gasteiger partial charge >= 0.3 is 0 Å². The summed E-state index contributed by atoms with van der Waals surface area (Å²) in [6.45, 7) is 1.93. The fourth-order valence-electron chi connectivity index (χ4n) is 3.95. The molecule has 2 aromatic heterocycles. The molecule has 1 aromatic carbocycles. The molecule has 1 fully saturated rings. The van der Waals surface area contributed by atoms with Crippen molar-refractivity contribution >= 4 is 26.7 Å². The highest BCUT2D eigenvalue weighted by Crippen LogP contribution is 2.40. The molecule has 0 saturated heterocycles. The molecule has 0 bridgehead atoms. The molecular weight excluding hydrogens is 346 g/mol. The van der Waals surface area contributed by atoms with Crippen LogP contribution in [0.5, 0.6) is 0 Å². The summed E-state index contributed by atoms with van der Waals surface area (Å²) in [6, 6.07) is 10.7. The number of hydrogen-bond donors (Lipinski definition) is 1. The van der Waals surface area contributed by atoms with Crippen LogP contribution in [0.4, 0.5) is 5.82 Å². The highest BCUT2D eigenvalue weighted by Gasteiger charge is 2.31. The van der Waals surface area contributed by atoms with Gasteiger partial charge in [-0.2, -0.15) is 0 Å². The molecular formula is C20H23N3O2S. The number of rotatable bonds is 3. The SMILES string of the molecule is Cc1ccc(S(=O)(=O)c2c(N)n(C3CCCCC3)c3ncccc23)cc1. The monoisotopic (exact) mass is 369 g/mol. The molecule has 26 heavy (non-hydrogen) atoms. The van der Waals surface area contributed by atoms with Gasteiger partial charge in [0.05, 0.1) is 4.90 Å². The van der Waals surface area contributed by atoms with Crippen LogP contribution in [-0.2, 0) is 9.84 Å². The Hall–Kier alpha value is -2.34. The number of benzene rings is 1. The predicted octanol–water partition coefficient (Wildman–Crippen LogP) is 4.26. The molecule has 0 amide bonds. The lowest BCUT2D eigenvalue weighted by molar-refractivity contribution is 0.362. The molecule has 1 aliphatic rings. The summed E-state index contributed by atoms with van der Waals surface area (Å²) in [5.41, 5.74) is 8.13. The van der Waals surface area contributed by atoms with Crippen molar-refractivity contribution in [1.82, 2.24) is 9.55 Å². The van der Waals surface area contributed by atoms with Crippen LogP contribution in [0.25, 0.3) is 11.0 Å². The van der Waals surface area contributed by atoms with Crippen LogP contribution in [0.15, 0.2) is 52.4 Å². The summed E-state index contributed by atoms with van der Waals surface area (Å²) in [6.07, 6.45) is 7.21. The van der Waals surface area contributed by atoms with Crippen molar-refractivity contribution in [2.45, 2.75) is 54.9 Å². The highest BCUT2D eigenvalue weighted by atomic mass is 32.2. The molecule has 0 unspecified atom stereocenters. The Morgan fingerprint density at radius 2 is 1.77 bits per heavy atom. The molecule has 4 rings (SSSR count). The van der Waals surface area contributed by atoms with Crippen molar-refractivity contribution < 1.29 is 8.42 Å². The molecule has 2 N–H and O–H groups in total. The van der Waals surface area contributed by atoms with Crippen molar-refractivity contribution in [3.8, 4) is 0 Å². The van der Waals surface area contributed by atoms with E-state index < -0.39 is 9.84 Å². The Balaban J connectivity index is 1.95. The molecule has 0 radical (unpaired) electrons. The second kappa shape index (κ2) is 6.43. The van der Waals surface area contributed by atoms with Crippen molar-refractivity contribution in [2.24, 2.45) is 0 Å². The first kappa shape index (κ1) is 17.1. The third-order valence-corrected chi connectivity index (χ3v) is 7.15. The first-order valence-electron chi connectivity index (χ1n) is 9.06. The van der Waals surface area contributed by atoms with Crippen LogP contribution < -0.4 is 5.73 Å². The zero-order valence-corrected chi connectivity index (χ0v) is 15.7. The van der Waals surface area contributed by atoms with Gasteiger partial charge in [0.25, 0.3) is 0 Å². The molecule has 1 saturated carbocycles. The zero-order valence-electron chi connectivity index (χ0n) is 14.9. The fourth-order valence-corrected chi connectivity index (χ4v) is 5.51. The number of hydrogen-bond acceptors (Lipinski definition) is 4. The molecule has 0 atom stereocenters. The van der Waals surface area contributed by atoms with Gasteiger partial charge in [-0.25, -0.2) is 13.4 Å². The number of anilines is 1. The Kier molecular flexibility index (Phi) is 4.23. The lowest BCUT2D eigenvalue weighted by Gasteiger charge is -2.25. The topological polar surface area (TPSA) is 78.0 Å². The second-order valence-electron chi connectivity index (χ2n) is 7.07. The molecule has 5 nitrogen and oxygen atoms in total. The Bertz CT molecular complexity index is 1050. The summed E-state index contributed by atoms with van der Waals surface area (Å²) in [5.74, 6) is 0.311. The standard InChI is InChI=1S/C20H23N3O2S/c1-14-9-11-16(12-10-14)26(24,25)18-17-8-5-13-22-20(17)23(19(18)21)15-6-3-2-4-7-15/h5,8-13,15H,2-4,6-7,21H2,1H3. The van der Waals surface area contributed by atoms with Gasteiger partial charge in [0, 0.05) is 17.6 Å². The van der Waals surface area contributed by atoms with E-state index in [2.05, 4.69) is 4.98 Å². The first-order chi connectivity index (χ1) is 12.5. The minimum atomic E-state index is -3.72. The van der Waals surface area contributed by atoms with Gasteiger partial charge in [-0.15, -0.1) is 0 Å². The fraction of sp³-hybridized carbons (Fsp3) is 0.350. The molecule has 0 spiro atoms. The number of aromatic nitrogens is 2. The number of nitrogens with two attached hydrogens (primary N) is 1. The van der Waals surface area contributed by atoms with Crippen LogP contribution in [0.1, 0.15) is 43.7 Å². The van der Waals surface area contributed by atoms with E-state index in [1.807, 2.05) is 23.6 Å². The third-order valence-electron chi connectivity index (χ3n) is 5.29. The molecule has 2 heterocycles. The van der Waals surface area contributed by atoms with Gasteiger partial charge in [0.2, 0.25) is 9.84 Å². The quantitative estimate of drug-likeness (QED) is 0.748. The summed E-state index contributed by atoms with van der Waals surface area (Å²) in [4.78, 5) is 4.93. The molecule has 6 heteroatoms. The summed E-state index contributed by atoms with van der Waals surface area (Å²) in [5, 5.41) is 0.608. The van der Waals surface area contributed by atoms with Crippen LogP contribution in [0, 0.1) is 6.92 Å². The smallest absolute Gasteiger partial charge is 0.210 e.